The average Bonchev–Trinajstić information content (AvgIpc) is 2.24. The number of aromatic carboxylic acids is 1. The molecular formula is C12H15FO3. The molecule has 1 aromatic carbocycles. The first-order valence-electron chi connectivity index (χ1n) is 5.30. The van der Waals surface area contributed by atoms with Crippen LogP contribution < -0.4 is 4.74 Å². The van der Waals surface area contributed by atoms with E-state index in [1.54, 1.807) is 0 Å². The fourth-order valence-corrected chi connectivity index (χ4v) is 1.33. The van der Waals surface area contributed by atoms with Gasteiger partial charge in [-0.1, -0.05) is 19.8 Å². The van der Waals surface area contributed by atoms with Crippen molar-refractivity contribution in [1.29, 1.82) is 0 Å². The van der Waals surface area contributed by atoms with E-state index in [1.807, 2.05) is 0 Å². The van der Waals surface area contributed by atoms with Crippen molar-refractivity contribution in [2.45, 2.75) is 26.2 Å². The summed E-state index contributed by atoms with van der Waals surface area (Å²) in [5.41, 5.74) is -0.00195. The molecule has 0 amide bonds. The highest BCUT2D eigenvalue weighted by atomic mass is 19.1. The van der Waals surface area contributed by atoms with Crippen LogP contribution >= 0.6 is 0 Å². The predicted octanol–water partition coefficient (Wildman–Crippen LogP) is 3.09. The van der Waals surface area contributed by atoms with Crippen molar-refractivity contribution in [3.63, 3.8) is 0 Å². The Bertz CT molecular complexity index is 363. The van der Waals surface area contributed by atoms with Gasteiger partial charge < -0.3 is 9.84 Å². The van der Waals surface area contributed by atoms with Crippen LogP contribution in [0.2, 0.25) is 0 Å². The second-order valence-electron chi connectivity index (χ2n) is 3.50. The summed E-state index contributed by atoms with van der Waals surface area (Å²) in [6.45, 7) is 2.47. The van der Waals surface area contributed by atoms with Gasteiger partial charge in [0.25, 0.3) is 0 Å². The number of halogens is 1. The van der Waals surface area contributed by atoms with E-state index < -0.39 is 11.8 Å². The molecule has 0 aliphatic carbocycles. The van der Waals surface area contributed by atoms with Crippen molar-refractivity contribution in [3.8, 4) is 5.75 Å². The second kappa shape index (κ2) is 6.10. The van der Waals surface area contributed by atoms with Gasteiger partial charge in [0.1, 0.15) is 17.1 Å². The number of unbranched alkanes of at least 4 members (excludes halogenated alkanes) is 2. The highest BCUT2D eigenvalue weighted by molar-refractivity contribution is 5.90. The largest absolute Gasteiger partial charge is 0.493 e. The van der Waals surface area contributed by atoms with Gasteiger partial charge in [0, 0.05) is 6.07 Å². The summed E-state index contributed by atoms with van der Waals surface area (Å²) in [5.74, 6) is -1.50. The van der Waals surface area contributed by atoms with Crippen LogP contribution in [0.5, 0.6) is 5.75 Å². The van der Waals surface area contributed by atoms with Crippen LogP contribution in [0.3, 0.4) is 0 Å². The Morgan fingerprint density at radius 3 is 2.81 bits per heavy atom. The van der Waals surface area contributed by atoms with Crippen LogP contribution in [0.4, 0.5) is 4.39 Å². The zero-order valence-corrected chi connectivity index (χ0v) is 9.20. The number of rotatable bonds is 6. The Morgan fingerprint density at radius 2 is 2.19 bits per heavy atom. The van der Waals surface area contributed by atoms with Gasteiger partial charge >= 0.3 is 5.97 Å². The first kappa shape index (κ1) is 12.5. The molecule has 1 N–H and O–H groups in total. The summed E-state index contributed by atoms with van der Waals surface area (Å²) in [5, 5.41) is 8.86. The van der Waals surface area contributed by atoms with Crippen molar-refractivity contribution in [2.75, 3.05) is 6.61 Å². The van der Waals surface area contributed by atoms with E-state index in [0.29, 0.717) is 6.61 Å². The minimum absolute atomic E-state index is 0.00195. The average molecular weight is 226 g/mol. The van der Waals surface area contributed by atoms with Crippen molar-refractivity contribution in [1.82, 2.24) is 0 Å². The zero-order chi connectivity index (χ0) is 12.0. The standard InChI is InChI=1S/C12H15FO3/c1-2-3-4-7-16-11-8-9(13)5-6-10(11)12(14)15/h5-6,8H,2-4,7H2,1H3,(H,14,15). The third-order valence-electron chi connectivity index (χ3n) is 2.18. The molecule has 0 aromatic heterocycles. The van der Waals surface area contributed by atoms with Crippen molar-refractivity contribution in [2.24, 2.45) is 0 Å². The van der Waals surface area contributed by atoms with Crippen LogP contribution in [0.25, 0.3) is 0 Å². The van der Waals surface area contributed by atoms with E-state index in [4.69, 9.17) is 9.84 Å². The Kier molecular flexibility index (Phi) is 4.76. The fraction of sp³-hybridized carbons (Fsp3) is 0.417. The highest BCUT2D eigenvalue weighted by Crippen LogP contribution is 2.20. The smallest absolute Gasteiger partial charge is 0.339 e. The monoisotopic (exact) mass is 226 g/mol. The predicted molar refractivity (Wildman–Crippen MR) is 58.4 cm³/mol. The molecule has 0 unspecified atom stereocenters. The van der Waals surface area contributed by atoms with Gasteiger partial charge in [-0.3, -0.25) is 0 Å². The molecule has 1 aromatic rings. The number of carboxylic acid groups (broad SMARTS) is 1. The number of hydrogen-bond donors (Lipinski definition) is 1. The molecule has 0 bridgehead atoms. The van der Waals surface area contributed by atoms with Crippen molar-refractivity contribution in [3.05, 3.63) is 29.6 Å². The minimum atomic E-state index is -1.11. The summed E-state index contributed by atoms with van der Waals surface area (Å²) >= 11 is 0. The maximum atomic E-state index is 12.9. The molecular weight excluding hydrogens is 211 g/mol. The molecule has 16 heavy (non-hydrogen) atoms. The molecule has 1 rings (SSSR count). The molecule has 0 fully saturated rings. The highest BCUT2D eigenvalue weighted by Gasteiger charge is 2.11. The van der Waals surface area contributed by atoms with Crippen LogP contribution in [0, 0.1) is 5.82 Å². The Morgan fingerprint density at radius 1 is 1.44 bits per heavy atom. The molecule has 0 aliphatic heterocycles. The minimum Gasteiger partial charge on any atom is -0.493 e. The van der Waals surface area contributed by atoms with E-state index in [-0.39, 0.29) is 11.3 Å². The van der Waals surface area contributed by atoms with Crippen LogP contribution in [0.15, 0.2) is 18.2 Å². The quantitative estimate of drug-likeness (QED) is 0.758. The lowest BCUT2D eigenvalue weighted by Gasteiger charge is -2.08. The lowest BCUT2D eigenvalue weighted by Crippen LogP contribution is -2.04. The van der Waals surface area contributed by atoms with Gasteiger partial charge in [-0.2, -0.15) is 0 Å². The summed E-state index contributed by atoms with van der Waals surface area (Å²) in [7, 11) is 0. The van der Waals surface area contributed by atoms with Crippen LogP contribution in [-0.4, -0.2) is 17.7 Å². The lowest BCUT2D eigenvalue weighted by atomic mass is 10.2. The van der Waals surface area contributed by atoms with E-state index >= 15 is 0 Å². The zero-order valence-electron chi connectivity index (χ0n) is 9.20. The van der Waals surface area contributed by atoms with Gasteiger partial charge in [0.15, 0.2) is 0 Å². The fourth-order valence-electron chi connectivity index (χ4n) is 1.33. The summed E-state index contributed by atoms with van der Waals surface area (Å²) in [6.07, 6.45) is 2.90. The molecule has 0 heterocycles. The van der Waals surface area contributed by atoms with Gasteiger partial charge in [0.2, 0.25) is 0 Å². The second-order valence-corrected chi connectivity index (χ2v) is 3.50. The number of carboxylic acids is 1. The van der Waals surface area contributed by atoms with E-state index in [9.17, 15) is 9.18 Å². The van der Waals surface area contributed by atoms with Gasteiger partial charge in [-0.05, 0) is 18.6 Å². The number of benzene rings is 1. The van der Waals surface area contributed by atoms with Crippen LogP contribution in [-0.2, 0) is 0 Å². The first-order valence-corrected chi connectivity index (χ1v) is 5.30. The Labute approximate surface area is 93.9 Å². The number of carbonyl (C=O) groups is 1. The van der Waals surface area contributed by atoms with Gasteiger partial charge in [-0.25, -0.2) is 9.18 Å². The Balaban J connectivity index is 2.68. The summed E-state index contributed by atoms with van der Waals surface area (Å²) < 4.78 is 18.2. The normalized spacial score (nSPS) is 10.1. The number of ether oxygens (including phenoxy) is 1. The van der Waals surface area contributed by atoms with Crippen molar-refractivity contribution >= 4 is 5.97 Å². The van der Waals surface area contributed by atoms with Crippen LogP contribution in [0.1, 0.15) is 36.5 Å². The molecule has 4 heteroatoms. The SMILES string of the molecule is CCCCCOc1cc(F)ccc1C(=O)O. The topological polar surface area (TPSA) is 46.5 Å². The maximum Gasteiger partial charge on any atom is 0.339 e. The molecule has 0 aliphatic rings. The molecule has 0 spiro atoms. The summed E-state index contributed by atoms with van der Waals surface area (Å²) in [4.78, 5) is 10.8. The maximum absolute atomic E-state index is 12.9. The first-order chi connectivity index (χ1) is 7.65. The van der Waals surface area contributed by atoms with E-state index in [0.717, 1.165) is 31.4 Å². The summed E-state index contributed by atoms with van der Waals surface area (Å²) in [6, 6.07) is 3.44. The third-order valence-corrected chi connectivity index (χ3v) is 2.18. The number of hydrogen-bond acceptors (Lipinski definition) is 2. The molecule has 88 valence electrons. The van der Waals surface area contributed by atoms with Gasteiger partial charge in [0.05, 0.1) is 6.61 Å². The third kappa shape index (κ3) is 3.53. The van der Waals surface area contributed by atoms with E-state index in [1.165, 1.54) is 6.07 Å². The molecule has 0 atom stereocenters. The van der Waals surface area contributed by atoms with Crippen molar-refractivity contribution < 1.29 is 19.0 Å². The van der Waals surface area contributed by atoms with E-state index in [2.05, 4.69) is 6.92 Å². The molecule has 0 saturated heterocycles. The lowest BCUT2D eigenvalue weighted by molar-refractivity contribution is 0.0692. The molecule has 0 radical (unpaired) electrons. The molecule has 3 nitrogen and oxygen atoms in total. The Hall–Kier alpha value is -1.58. The molecule has 0 saturated carbocycles. The van der Waals surface area contributed by atoms with Gasteiger partial charge in [-0.15, -0.1) is 0 Å².